The van der Waals surface area contributed by atoms with Crippen molar-refractivity contribution in [3.8, 4) is 0 Å². The Hall–Kier alpha value is 0.0700. The summed E-state index contributed by atoms with van der Waals surface area (Å²) in [6, 6.07) is 0. The minimum atomic E-state index is -3.31. The van der Waals surface area contributed by atoms with Gasteiger partial charge in [-0.25, -0.2) is 4.57 Å². The van der Waals surface area contributed by atoms with Crippen molar-refractivity contribution in [2.24, 2.45) is 0 Å². The average molecular weight is 283 g/mol. The van der Waals surface area contributed by atoms with Crippen LogP contribution < -0.4 is 6.15 Å². The normalized spacial score (nSPS) is 11.3. The van der Waals surface area contributed by atoms with Crippen LogP contribution in [0.15, 0.2) is 0 Å². The van der Waals surface area contributed by atoms with Crippen molar-refractivity contribution >= 4 is 7.82 Å². The Morgan fingerprint density at radius 1 is 0.722 bits per heavy atom. The van der Waals surface area contributed by atoms with E-state index < -0.39 is 7.82 Å². The van der Waals surface area contributed by atoms with Gasteiger partial charge in [-0.3, -0.25) is 13.6 Å². The maximum Gasteiger partial charge on any atom is 0.474 e. The zero-order chi connectivity index (χ0) is 13.0. The Morgan fingerprint density at radius 2 is 1.00 bits per heavy atom. The first-order chi connectivity index (χ1) is 8.18. The van der Waals surface area contributed by atoms with Gasteiger partial charge in [-0.15, -0.1) is 0 Å². The van der Waals surface area contributed by atoms with Crippen LogP contribution in [-0.2, 0) is 18.1 Å². The van der Waals surface area contributed by atoms with Gasteiger partial charge in [0.2, 0.25) is 0 Å². The summed E-state index contributed by atoms with van der Waals surface area (Å²) in [5.41, 5.74) is 0. The minimum Gasteiger partial charge on any atom is -0.344 e. The molecule has 0 rings (SSSR count). The number of hydrogen-bond donors (Lipinski definition) is 1. The van der Waals surface area contributed by atoms with Crippen molar-refractivity contribution < 1.29 is 18.1 Å². The maximum absolute atomic E-state index is 12.2. The molecule has 0 radical (unpaired) electrons. The lowest BCUT2D eigenvalue weighted by molar-refractivity contribution is 0.110. The Kier molecular flexibility index (Phi) is 15.3. The van der Waals surface area contributed by atoms with Gasteiger partial charge >= 0.3 is 7.82 Å². The number of unbranched alkanes of at least 4 members (excludes halogenated alkanes) is 3. The highest BCUT2D eigenvalue weighted by Gasteiger charge is 2.25. The summed E-state index contributed by atoms with van der Waals surface area (Å²) in [6.45, 7) is 7.49. The van der Waals surface area contributed by atoms with E-state index in [-0.39, 0.29) is 6.15 Å². The van der Waals surface area contributed by atoms with Crippen LogP contribution in [0.25, 0.3) is 0 Å². The van der Waals surface area contributed by atoms with E-state index in [1.807, 2.05) is 0 Å². The van der Waals surface area contributed by atoms with E-state index in [1.165, 1.54) is 0 Å². The number of phosphoric ester groups is 1. The van der Waals surface area contributed by atoms with E-state index >= 15 is 0 Å². The molecule has 0 heterocycles. The molecule has 0 aromatic heterocycles. The van der Waals surface area contributed by atoms with Crippen molar-refractivity contribution in [1.29, 1.82) is 0 Å². The second-order valence-electron chi connectivity index (χ2n) is 4.01. The molecule has 0 aliphatic heterocycles. The van der Waals surface area contributed by atoms with Gasteiger partial charge in [0.15, 0.2) is 0 Å². The quantitative estimate of drug-likeness (QED) is 0.414. The lowest BCUT2D eigenvalue weighted by Crippen LogP contribution is -2.03. The lowest BCUT2D eigenvalue weighted by atomic mass is 10.4. The predicted molar refractivity (Wildman–Crippen MR) is 75.2 cm³/mol. The molecule has 0 fully saturated rings. The third-order valence-corrected chi connectivity index (χ3v) is 3.74. The maximum atomic E-state index is 12.2. The van der Waals surface area contributed by atoms with Crippen molar-refractivity contribution in [1.82, 2.24) is 6.15 Å². The molecule has 0 aromatic rings. The molecule has 5 nitrogen and oxygen atoms in total. The van der Waals surface area contributed by atoms with E-state index in [9.17, 15) is 4.57 Å². The molecule has 112 valence electrons. The molecular weight excluding hydrogens is 253 g/mol. The summed E-state index contributed by atoms with van der Waals surface area (Å²) in [7, 11) is -3.31. The summed E-state index contributed by atoms with van der Waals surface area (Å²) in [5.74, 6) is 0. The van der Waals surface area contributed by atoms with Crippen LogP contribution in [0.4, 0.5) is 0 Å². The Bertz CT molecular complexity index is 181. The molecule has 0 saturated heterocycles. The van der Waals surface area contributed by atoms with E-state index in [2.05, 4.69) is 20.8 Å². The van der Waals surface area contributed by atoms with Crippen molar-refractivity contribution in [3.05, 3.63) is 0 Å². The SMILES string of the molecule is CCCCOP(=O)(OCCCC)OCCCC.N. The third kappa shape index (κ3) is 11.2. The van der Waals surface area contributed by atoms with E-state index in [1.54, 1.807) is 0 Å². The van der Waals surface area contributed by atoms with E-state index in [4.69, 9.17) is 13.6 Å². The third-order valence-electron chi connectivity index (χ3n) is 2.24. The highest BCUT2D eigenvalue weighted by molar-refractivity contribution is 7.48. The first kappa shape index (κ1) is 20.4. The Balaban J connectivity index is 0. The summed E-state index contributed by atoms with van der Waals surface area (Å²) >= 11 is 0. The smallest absolute Gasteiger partial charge is 0.344 e. The van der Waals surface area contributed by atoms with Gasteiger partial charge in [0.05, 0.1) is 19.8 Å². The van der Waals surface area contributed by atoms with Gasteiger partial charge in [-0.2, -0.15) is 0 Å². The van der Waals surface area contributed by atoms with Crippen molar-refractivity contribution in [2.75, 3.05) is 19.8 Å². The predicted octanol–water partition coefficient (Wildman–Crippen LogP) is 4.71. The molecule has 0 aliphatic rings. The number of phosphoric acid groups is 1. The molecule has 0 atom stereocenters. The summed E-state index contributed by atoms with van der Waals surface area (Å²) < 4.78 is 28.0. The lowest BCUT2D eigenvalue weighted by Gasteiger charge is -2.17. The van der Waals surface area contributed by atoms with Gasteiger partial charge in [0.25, 0.3) is 0 Å². The monoisotopic (exact) mass is 283 g/mol. The topological polar surface area (TPSA) is 79.8 Å². The molecule has 18 heavy (non-hydrogen) atoms. The minimum absolute atomic E-state index is 0. The van der Waals surface area contributed by atoms with Crippen molar-refractivity contribution in [2.45, 2.75) is 59.3 Å². The molecular formula is C12H30NO4P. The van der Waals surface area contributed by atoms with Crippen LogP contribution in [0, 0.1) is 0 Å². The molecule has 0 saturated carbocycles. The van der Waals surface area contributed by atoms with Crippen molar-refractivity contribution in [3.63, 3.8) is 0 Å². The summed E-state index contributed by atoms with van der Waals surface area (Å²) in [6.07, 6.45) is 5.63. The second kappa shape index (κ2) is 13.5. The highest BCUT2D eigenvalue weighted by atomic mass is 31.2. The first-order valence-corrected chi connectivity index (χ1v) is 8.18. The number of hydrogen-bond acceptors (Lipinski definition) is 5. The van der Waals surface area contributed by atoms with Crippen LogP contribution in [0.3, 0.4) is 0 Å². The van der Waals surface area contributed by atoms with Gasteiger partial charge < -0.3 is 6.15 Å². The van der Waals surface area contributed by atoms with Crippen LogP contribution in [0.1, 0.15) is 59.3 Å². The Morgan fingerprint density at radius 3 is 1.22 bits per heavy atom. The van der Waals surface area contributed by atoms with Gasteiger partial charge in [0.1, 0.15) is 0 Å². The summed E-state index contributed by atoms with van der Waals surface area (Å²) in [5, 5.41) is 0. The molecule has 3 N–H and O–H groups in total. The van der Waals surface area contributed by atoms with Crippen LogP contribution in [0.2, 0.25) is 0 Å². The zero-order valence-corrected chi connectivity index (χ0v) is 13.0. The van der Waals surface area contributed by atoms with Gasteiger partial charge in [-0.05, 0) is 19.3 Å². The molecule has 0 spiro atoms. The fraction of sp³-hybridized carbons (Fsp3) is 1.00. The molecule has 0 aliphatic carbocycles. The van der Waals surface area contributed by atoms with E-state index in [0.717, 1.165) is 38.5 Å². The average Bonchev–Trinajstić information content (AvgIpc) is 2.30. The Labute approximate surface area is 112 Å². The zero-order valence-electron chi connectivity index (χ0n) is 12.2. The van der Waals surface area contributed by atoms with Gasteiger partial charge in [-0.1, -0.05) is 40.0 Å². The van der Waals surface area contributed by atoms with Crippen LogP contribution in [-0.4, -0.2) is 19.8 Å². The molecule has 0 bridgehead atoms. The highest BCUT2D eigenvalue weighted by Crippen LogP contribution is 2.49. The summed E-state index contributed by atoms with van der Waals surface area (Å²) in [4.78, 5) is 0. The molecule has 0 unspecified atom stereocenters. The van der Waals surface area contributed by atoms with Crippen LogP contribution >= 0.6 is 7.82 Å². The standard InChI is InChI=1S/C12H27O4P.H3N/c1-4-7-10-14-17(13,15-11-8-5-2)16-12-9-6-3;/h4-12H2,1-3H3;1H3. The second-order valence-corrected chi connectivity index (χ2v) is 5.68. The largest absolute Gasteiger partial charge is 0.474 e. The number of rotatable bonds is 12. The molecule has 6 heteroatoms. The fourth-order valence-corrected chi connectivity index (χ4v) is 2.36. The van der Waals surface area contributed by atoms with E-state index in [0.29, 0.717) is 19.8 Å². The molecule has 0 amide bonds. The van der Waals surface area contributed by atoms with Gasteiger partial charge in [0, 0.05) is 0 Å². The molecule has 0 aromatic carbocycles. The first-order valence-electron chi connectivity index (χ1n) is 6.72. The van der Waals surface area contributed by atoms with Crippen LogP contribution in [0.5, 0.6) is 0 Å². The fourth-order valence-electron chi connectivity index (χ4n) is 1.07.